The van der Waals surface area contributed by atoms with Crippen molar-refractivity contribution in [3.8, 4) is 11.3 Å². The lowest BCUT2D eigenvalue weighted by Gasteiger charge is -2.27. The lowest BCUT2D eigenvalue weighted by Crippen LogP contribution is -2.34. The van der Waals surface area contributed by atoms with E-state index in [2.05, 4.69) is 30.4 Å². The highest BCUT2D eigenvalue weighted by atomic mass is 32.1. The van der Waals surface area contributed by atoms with Gasteiger partial charge in [0.05, 0.1) is 36.5 Å². The number of thiazole rings is 1. The van der Waals surface area contributed by atoms with Gasteiger partial charge in [-0.25, -0.2) is 19.3 Å². The SMILES string of the molecule is COCC1(CN2CCc3sc(Nc4ncc(F)cn4)nc3-c3cn[nH]c32)CC1. The van der Waals surface area contributed by atoms with E-state index in [0.717, 1.165) is 55.6 Å². The minimum atomic E-state index is -0.467. The number of anilines is 3. The zero-order valence-electron chi connectivity index (χ0n) is 15.4. The Balaban J connectivity index is 1.41. The number of rotatable bonds is 6. The lowest BCUT2D eigenvalue weighted by atomic mass is 10.1. The van der Waals surface area contributed by atoms with Crippen LogP contribution >= 0.6 is 11.3 Å². The first-order valence-electron chi connectivity index (χ1n) is 9.18. The Labute approximate surface area is 165 Å². The minimum absolute atomic E-state index is 0.259. The van der Waals surface area contributed by atoms with Gasteiger partial charge < -0.3 is 15.0 Å². The zero-order chi connectivity index (χ0) is 19.1. The van der Waals surface area contributed by atoms with Gasteiger partial charge >= 0.3 is 0 Å². The Morgan fingerprint density at radius 1 is 1.32 bits per heavy atom. The van der Waals surface area contributed by atoms with Crippen molar-refractivity contribution in [2.24, 2.45) is 5.41 Å². The average molecular weight is 401 g/mol. The Morgan fingerprint density at radius 2 is 2.14 bits per heavy atom. The summed E-state index contributed by atoms with van der Waals surface area (Å²) in [7, 11) is 1.77. The van der Waals surface area contributed by atoms with E-state index in [9.17, 15) is 4.39 Å². The van der Waals surface area contributed by atoms with Crippen LogP contribution in [0.4, 0.5) is 21.3 Å². The van der Waals surface area contributed by atoms with Crippen molar-refractivity contribution in [3.05, 3.63) is 29.3 Å². The Morgan fingerprint density at radius 3 is 2.89 bits per heavy atom. The fourth-order valence-corrected chi connectivity index (χ4v) is 4.65. The van der Waals surface area contributed by atoms with Crippen molar-refractivity contribution >= 4 is 28.2 Å². The van der Waals surface area contributed by atoms with E-state index in [4.69, 9.17) is 9.72 Å². The molecule has 0 spiro atoms. The van der Waals surface area contributed by atoms with Gasteiger partial charge in [0.25, 0.3) is 0 Å². The van der Waals surface area contributed by atoms with Gasteiger partial charge in [-0.15, -0.1) is 11.3 Å². The highest BCUT2D eigenvalue weighted by Crippen LogP contribution is 2.48. The summed E-state index contributed by atoms with van der Waals surface area (Å²) in [5, 5.41) is 11.2. The third kappa shape index (κ3) is 3.22. The van der Waals surface area contributed by atoms with Crippen molar-refractivity contribution in [1.82, 2.24) is 25.1 Å². The van der Waals surface area contributed by atoms with E-state index in [0.29, 0.717) is 11.1 Å². The highest BCUT2D eigenvalue weighted by Gasteiger charge is 2.45. The number of H-pyrrole nitrogens is 1. The molecule has 1 aliphatic carbocycles. The van der Waals surface area contributed by atoms with E-state index in [-0.39, 0.29) is 5.41 Å². The van der Waals surface area contributed by atoms with Gasteiger partial charge in [-0.2, -0.15) is 5.10 Å². The van der Waals surface area contributed by atoms with Gasteiger partial charge in [0.1, 0.15) is 5.82 Å². The number of ether oxygens (including phenoxy) is 1. The number of hydrogen-bond donors (Lipinski definition) is 2. The van der Waals surface area contributed by atoms with Crippen molar-refractivity contribution < 1.29 is 9.13 Å². The van der Waals surface area contributed by atoms with Gasteiger partial charge in [-0.3, -0.25) is 5.10 Å². The molecule has 1 fully saturated rings. The molecule has 2 aliphatic rings. The topological polar surface area (TPSA) is 91.8 Å². The van der Waals surface area contributed by atoms with Crippen molar-refractivity contribution in [2.45, 2.75) is 19.3 Å². The molecule has 0 bridgehead atoms. The monoisotopic (exact) mass is 401 g/mol. The number of methoxy groups -OCH3 is 1. The van der Waals surface area contributed by atoms with Gasteiger partial charge in [-0.1, -0.05) is 0 Å². The van der Waals surface area contributed by atoms with E-state index < -0.39 is 5.82 Å². The summed E-state index contributed by atoms with van der Waals surface area (Å²) in [6, 6.07) is 0. The molecule has 5 rings (SSSR count). The normalized spacial score (nSPS) is 17.0. The van der Waals surface area contributed by atoms with Crippen LogP contribution in [0.25, 0.3) is 11.3 Å². The summed E-state index contributed by atoms with van der Waals surface area (Å²) in [6.45, 7) is 2.64. The molecular weight excluding hydrogens is 381 g/mol. The van der Waals surface area contributed by atoms with Crippen LogP contribution in [0.15, 0.2) is 18.6 Å². The first-order valence-corrected chi connectivity index (χ1v) is 9.99. The molecule has 146 valence electrons. The number of aromatic amines is 1. The second-order valence-corrected chi connectivity index (χ2v) is 8.46. The summed E-state index contributed by atoms with van der Waals surface area (Å²) in [5.74, 6) is 0.871. The first kappa shape index (κ1) is 17.5. The van der Waals surface area contributed by atoms with Crippen molar-refractivity contribution in [3.63, 3.8) is 0 Å². The molecule has 2 N–H and O–H groups in total. The first-order chi connectivity index (χ1) is 13.7. The van der Waals surface area contributed by atoms with Crippen LogP contribution in [0.3, 0.4) is 0 Å². The standard InChI is InChI=1S/C18H20FN7OS/c1-27-10-18(3-4-18)9-26-5-2-13-14(12-8-22-25-15(12)26)23-17(28-13)24-16-20-6-11(19)7-21-16/h6-8H,2-5,9-10H2,1H3,(H,22,25)(H,20,21,23,24). The zero-order valence-corrected chi connectivity index (χ0v) is 16.2. The predicted octanol–water partition coefficient (Wildman–Crippen LogP) is 3.00. The molecule has 0 atom stereocenters. The smallest absolute Gasteiger partial charge is 0.229 e. The molecule has 0 unspecified atom stereocenters. The summed E-state index contributed by atoms with van der Waals surface area (Å²) >= 11 is 1.57. The molecule has 10 heteroatoms. The number of hydrogen-bond acceptors (Lipinski definition) is 8. The Kier molecular flexibility index (Phi) is 4.24. The number of nitrogens with zero attached hydrogens (tertiary/aromatic N) is 5. The van der Waals surface area contributed by atoms with Gasteiger partial charge in [-0.05, 0) is 12.8 Å². The third-order valence-electron chi connectivity index (χ3n) is 5.27. The molecule has 8 nitrogen and oxygen atoms in total. The maximum atomic E-state index is 13.0. The number of nitrogens with one attached hydrogen (secondary N) is 2. The van der Waals surface area contributed by atoms with Crippen LogP contribution < -0.4 is 10.2 Å². The Bertz CT molecular complexity index is 982. The molecule has 3 aromatic heterocycles. The van der Waals surface area contributed by atoms with E-state index in [1.165, 1.54) is 17.7 Å². The lowest BCUT2D eigenvalue weighted by molar-refractivity contribution is 0.143. The molecule has 28 heavy (non-hydrogen) atoms. The fraction of sp³-hybridized carbons (Fsp3) is 0.444. The van der Waals surface area contributed by atoms with Gasteiger partial charge in [0.2, 0.25) is 5.95 Å². The number of aromatic nitrogens is 5. The summed E-state index contributed by atoms with van der Waals surface area (Å²) < 4.78 is 18.4. The maximum Gasteiger partial charge on any atom is 0.229 e. The summed E-state index contributed by atoms with van der Waals surface area (Å²) in [4.78, 5) is 16.2. The predicted molar refractivity (Wildman–Crippen MR) is 104 cm³/mol. The van der Waals surface area contributed by atoms with Crippen molar-refractivity contribution in [1.29, 1.82) is 0 Å². The molecule has 1 saturated carbocycles. The van der Waals surface area contributed by atoms with Crippen LogP contribution in [0, 0.1) is 11.2 Å². The fourth-order valence-electron chi connectivity index (χ4n) is 3.69. The van der Waals surface area contributed by atoms with Crippen LogP contribution in [0.5, 0.6) is 0 Å². The quantitative estimate of drug-likeness (QED) is 0.656. The molecule has 0 aromatic carbocycles. The summed E-state index contributed by atoms with van der Waals surface area (Å²) in [5.41, 5.74) is 2.19. The van der Waals surface area contributed by atoms with Crippen LogP contribution in [0.2, 0.25) is 0 Å². The van der Waals surface area contributed by atoms with E-state index in [1.807, 2.05) is 6.20 Å². The van der Waals surface area contributed by atoms with E-state index in [1.54, 1.807) is 18.4 Å². The number of fused-ring (bicyclic) bond motifs is 3. The van der Waals surface area contributed by atoms with Crippen LogP contribution in [-0.2, 0) is 11.2 Å². The Hall–Kier alpha value is -2.59. The largest absolute Gasteiger partial charge is 0.384 e. The second-order valence-electron chi connectivity index (χ2n) is 7.38. The molecule has 4 heterocycles. The highest BCUT2D eigenvalue weighted by molar-refractivity contribution is 7.16. The third-order valence-corrected chi connectivity index (χ3v) is 6.30. The number of halogens is 1. The molecular formula is C18H20FN7OS. The van der Waals surface area contributed by atoms with Crippen LogP contribution in [0.1, 0.15) is 17.7 Å². The van der Waals surface area contributed by atoms with Gasteiger partial charge in [0.15, 0.2) is 10.9 Å². The van der Waals surface area contributed by atoms with Crippen LogP contribution in [-0.4, -0.2) is 52.0 Å². The molecule has 0 radical (unpaired) electrons. The molecule has 0 amide bonds. The molecule has 0 saturated heterocycles. The second kappa shape index (κ2) is 6.78. The average Bonchev–Trinajstić information content (AvgIpc) is 3.13. The minimum Gasteiger partial charge on any atom is -0.384 e. The van der Waals surface area contributed by atoms with Gasteiger partial charge in [0, 0.05) is 36.9 Å². The summed E-state index contributed by atoms with van der Waals surface area (Å²) in [6.07, 6.45) is 7.39. The molecule has 3 aromatic rings. The molecule has 1 aliphatic heterocycles. The maximum absolute atomic E-state index is 13.0. The van der Waals surface area contributed by atoms with E-state index >= 15 is 0 Å². The van der Waals surface area contributed by atoms with Crippen molar-refractivity contribution in [2.75, 3.05) is 37.0 Å².